The Morgan fingerprint density at radius 1 is 1.32 bits per heavy atom. The highest BCUT2D eigenvalue weighted by Crippen LogP contribution is 2.11. The molecule has 0 aromatic heterocycles. The number of carbonyl (C=O) groups is 2. The van der Waals surface area contributed by atoms with Gasteiger partial charge in [-0.3, -0.25) is 9.59 Å². The minimum absolute atomic E-state index is 0.170. The first-order chi connectivity index (χ1) is 8.88. The van der Waals surface area contributed by atoms with Crippen LogP contribution in [0.25, 0.3) is 0 Å². The number of aromatic hydroxyl groups is 1. The minimum atomic E-state index is -1.10. The third kappa shape index (κ3) is 5.39. The molecule has 1 aromatic carbocycles. The molecule has 1 rings (SSSR count). The van der Waals surface area contributed by atoms with Crippen LogP contribution < -0.4 is 11.1 Å². The molecule has 0 unspecified atom stereocenters. The number of aliphatic carboxylic acids is 1. The molecule has 1 amide bonds. The molecule has 1 aromatic rings. The summed E-state index contributed by atoms with van der Waals surface area (Å²) >= 11 is 0. The van der Waals surface area contributed by atoms with Crippen LogP contribution in [0.3, 0.4) is 0 Å². The summed E-state index contributed by atoms with van der Waals surface area (Å²) in [6.07, 6.45) is 0.184. The molecule has 2 atom stereocenters. The second-order valence-electron chi connectivity index (χ2n) is 4.48. The van der Waals surface area contributed by atoms with Gasteiger partial charge in [-0.25, -0.2) is 0 Å². The third-order valence-corrected chi connectivity index (χ3v) is 2.60. The standard InChI is InChI=1S/C13H18N2O4/c1-8(6-9-2-4-10(16)5-3-9)15-13(19)11(14)7-12(17)18/h2-5,8,11,16H,6-7,14H2,1H3,(H,15,19)(H,17,18)/t8-,11+/m0/s1. The van der Waals surface area contributed by atoms with Crippen molar-refractivity contribution in [2.75, 3.05) is 0 Å². The van der Waals surface area contributed by atoms with E-state index in [1.807, 2.05) is 0 Å². The van der Waals surface area contributed by atoms with Crippen LogP contribution in [-0.4, -0.2) is 34.2 Å². The quantitative estimate of drug-likeness (QED) is 0.589. The highest BCUT2D eigenvalue weighted by molar-refractivity contribution is 5.86. The lowest BCUT2D eigenvalue weighted by Gasteiger charge is -2.16. The van der Waals surface area contributed by atoms with Gasteiger partial charge < -0.3 is 21.3 Å². The predicted octanol–water partition coefficient (Wildman–Crippen LogP) is 0.241. The maximum atomic E-state index is 11.6. The van der Waals surface area contributed by atoms with E-state index < -0.39 is 24.3 Å². The van der Waals surface area contributed by atoms with E-state index in [0.717, 1.165) is 5.56 Å². The number of amides is 1. The predicted molar refractivity (Wildman–Crippen MR) is 69.6 cm³/mol. The summed E-state index contributed by atoms with van der Waals surface area (Å²) in [7, 11) is 0. The molecule has 104 valence electrons. The lowest BCUT2D eigenvalue weighted by Crippen LogP contribution is -2.46. The fraction of sp³-hybridized carbons (Fsp3) is 0.385. The first-order valence-electron chi connectivity index (χ1n) is 5.94. The zero-order valence-corrected chi connectivity index (χ0v) is 10.7. The largest absolute Gasteiger partial charge is 0.508 e. The topological polar surface area (TPSA) is 113 Å². The van der Waals surface area contributed by atoms with Crippen LogP contribution in [0.2, 0.25) is 0 Å². The average Bonchev–Trinajstić information content (AvgIpc) is 2.31. The van der Waals surface area contributed by atoms with Gasteiger partial charge in [0.05, 0.1) is 12.5 Å². The highest BCUT2D eigenvalue weighted by atomic mass is 16.4. The molecule has 0 saturated heterocycles. The number of nitrogens with one attached hydrogen (secondary N) is 1. The van der Waals surface area contributed by atoms with Crippen LogP contribution in [0, 0.1) is 0 Å². The second kappa shape index (κ2) is 6.75. The molecule has 6 nitrogen and oxygen atoms in total. The van der Waals surface area contributed by atoms with Gasteiger partial charge in [0.2, 0.25) is 5.91 Å². The normalized spacial score (nSPS) is 13.6. The fourth-order valence-corrected chi connectivity index (χ4v) is 1.67. The van der Waals surface area contributed by atoms with Crippen molar-refractivity contribution in [1.29, 1.82) is 0 Å². The zero-order valence-electron chi connectivity index (χ0n) is 10.7. The van der Waals surface area contributed by atoms with E-state index in [1.54, 1.807) is 31.2 Å². The van der Waals surface area contributed by atoms with Gasteiger partial charge in [0, 0.05) is 6.04 Å². The van der Waals surface area contributed by atoms with Gasteiger partial charge in [-0.1, -0.05) is 12.1 Å². The van der Waals surface area contributed by atoms with Crippen LogP contribution in [-0.2, 0) is 16.0 Å². The summed E-state index contributed by atoms with van der Waals surface area (Å²) in [5.41, 5.74) is 6.41. The number of rotatable bonds is 6. The Labute approximate surface area is 111 Å². The van der Waals surface area contributed by atoms with Crippen molar-refractivity contribution < 1.29 is 19.8 Å². The molecule has 0 fully saturated rings. The first-order valence-corrected chi connectivity index (χ1v) is 5.94. The summed E-state index contributed by atoms with van der Waals surface area (Å²) in [4.78, 5) is 22.0. The zero-order chi connectivity index (χ0) is 14.4. The Hall–Kier alpha value is -2.08. The molecule has 0 aliphatic rings. The molecule has 0 bridgehead atoms. The van der Waals surface area contributed by atoms with Gasteiger partial charge in [-0.15, -0.1) is 0 Å². The van der Waals surface area contributed by atoms with Crippen LogP contribution in [0.5, 0.6) is 5.75 Å². The molecular formula is C13H18N2O4. The number of carboxylic acids is 1. The third-order valence-electron chi connectivity index (χ3n) is 2.60. The van der Waals surface area contributed by atoms with Crippen molar-refractivity contribution in [2.24, 2.45) is 5.73 Å². The van der Waals surface area contributed by atoms with Crippen LogP contribution in [0.1, 0.15) is 18.9 Å². The summed E-state index contributed by atoms with van der Waals surface area (Å²) in [5.74, 6) is -1.40. The molecule has 0 heterocycles. The van der Waals surface area contributed by atoms with Gasteiger partial charge in [-0.05, 0) is 31.0 Å². The summed E-state index contributed by atoms with van der Waals surface area (Å²) in [6, 6.07) is 5.45. The van der Waals surface area contributed by atoms with E-state index in [-0.39, 0.29) is 11.8 Å². The summed E-state index contributed by atoms with van der Waals surface area (Å²) in [6.45, 7) is 1.80. The molecule has 0 aliphatic heterocycles. The van der Waals surface area contributed by atoms with Crippen LogP contribution in [0.15, 0.2) is 24.3 Å². The number of hydrogen-bond donors (Lipinski definition) is 4. The van der Waals surface area contributed by atoms with Gasteiger partial charge in [0.15, 0.2) is 0 Å². The molecule has 5 N–H and O–H groups in total. The number of carbonyl (C=O) groups excluding carboxylic acids is 1. The minimum Gasteiger partial charge on any atom is -0.508 e. The lowest BCUT2D eigenvalue weighted by molar-refractivity contribution is -0.139. The van der Waals surface area contributed by atoms with E-state index >= 15 is 0 Å². The van der Waals surface area contributed by atoms with Gasteiger partial charge >= 0.3 is 5.97 Å². The van der Waals surface area contributed by atoms with Crippen molar-refractivity contribution in [2.45, 2.75) is 31.8 Å². The molecular weight excluding hydrogens is 248 g/mol. The molecule has 6 heteroatoms. The van der Waals surface area contributed by atoms with Crippen molar-refractivity contribution in [3.8, 4) is 5.75 Å². The number of nitrogens with two attached hydrogens (primary N) is 1. The molecule has 19 heavy (non-hydrogen) atoms. The SMILES string of the molecule is C[C@@H](Cc1ccc(O)cc1)NC(=O)[C@H](N)CC(=O)O. The number of phenolic OH excluding ortho intramolecular Hbond substituents is 1. The Bertz CT molecular complexity index is 444. The molecule has 0 saturated carbocycles. The molecule has 0 spiro atoms. The van der Waals surface area contributed by atoms with Crippen LogP contribution >= 0.6 is 0 Å². The average molecular weight is 266 g/mol. The highest BCUT2D eigenvalue weighted by Gasteiger charge is 2.18. The Morgan fingerprint density at radius 2 is 1.89 bits per heavy atom. The van der Waals surface area contributed by atoms with Crippen molar-refractivity contribution >= 4 is 11.9 Å². The summed E-state index contributed by atoms with van der Waals surface area (Å²) in [5, 5.41) is 20.4. The summed E-state index contributed by atoms with van der Waals surface area (Å²) < 4.78 is 0. The number of phenols is 1. The fourth-order valence-electron chi connectivity index (χ4n) is 1.67. The second-order valence-corrected chi connectivity index (χ2v) is 4.48. The van der Waals surface area contributed by atoms with E-state index in [1.165, 1.54) is 0 Å². The van der Waals surface area contributed by atoms with E-state index in [2.05, 4.69) is 5.32 Å². The smallest absolute Gasteiger partial charge is 0.305 e. The first kappa shape index (κ1) is 15.0. The van der Waals surface area contributed by atoms with Crippen LogP contribution in [0.4, 0.5) is 0 Å². The van der Waals surface area contributed by atoms with E-state index in [9.17, 15) is 9.59 Å². The van der Waals surface area contributed by atoms with Gasteiger partial charge in [0.1, 0.15) is 5.75 Å². The Kier molecular flexibility index (Phi) is 5.32. The van der Waals surface area contributed by atoms with Crippen molar-refractivity contribution in [3.63, 3.8) is 0 Å². The van der Waals surface area contributed by atoms with Crippen molar-refractivity contribution in [3.05, 3.63) is 29.8 Å². The number of benzene rings is 1. The monoisotopic (exact) mass is 266 g/mol. The van der Waals surface area contributed by atoms with Gasteiger partial charge in [0.25, 0.3) is 0 Å². The Morgan fingerprint density at radius 3 is 2.42 bits per heavy atom. The van der Waals surface area contributed by atoms with E-state index in [4.69, 9.17) is 15.9 Å². The number of hydrogen-bond acceptors (Lipinski definition) is 4. The lowest BCUT2D eigenvalue weighted by atomic mass is 10.1. The molecule has 0 aliphatic carbocycles. The maximum absolute atomic E-state index is 11.6. The maximum Gasteiger partial charge on any atom is 0.305 e. The number of carboxylic acid groups (broad SMARTS) is 1. The Balaban J connectivity index is 2.46. The van der Waals surface area contributed by atoms with E-state index in [0.29, 0.717) is 6.42 Å². The van der Waals surface area contributed by atoms with Crippen molar-refractivity contribution in [1.82, 2.24) is 5.32 Å². The molecule has 0 radical (unpaired) electrons. The van der Waals surface area contributed by atoms with Gasteiger partial charge in [-0.2, -0.15) is 0 Å².